The Bertz CT molecular complexity index is 364. The molecule has 5 heteroatoms. The molecule has 1 aliphatic rings. The summed E-state index contributed by atoms with van der Waals surface area (Å²) in [7, 11) is 1.73. The molecule has 0 amide bonds. The highest BCUT2D eigenvalue weighted by atomic mass is 32.1. The monoisotopic (exact) mass is 226 g/mol. The molecule has 1 aliphatic heterocycles. The van der Waals surface area contributed by atoms with Crippen LogP contribution in [0.1, 0.15) is 23.8 Å². The highest BCUT2D eigenvalue weighted by Gasteiger charge is 2.24. The van der Waals surface area contributed by atoms with Crippen molar-refractivity contribution < 1.29 is 9.53 Å². The fraction of sp³-hybridized carbons (Fsp3) is 0.600. The Labute approximate surface area is 92.9 Å². The summed E-state index contributed by atoms with van der Waals surface area (Å²) >= 11 is 1.53. The number of Topliss-reactive ketones (excluding diaryl/α,β-unsaturated/α-hetero) is 1. The van der Waals surface area contributed by atoms with Gasteiger partial charge in [-0.05, 0) is 6.42 Å². The number of thiazole rings is 1. The molecule has 15 heavy (non-hydrogen) atoms. The Kier molecular flexibility index (Phi) is 3.02. The number of ketones is 1. The first-order chi connectivity index (χ1) is 7.20. The van der Waals surface area contributed by atoms with Crippen molar-refractivity contribution in [3.63, 3.8) is 0 Å². The zero-order valence-electron chi connectivity index (χ0n) is 8.90. The van der Waals surface area contributed by atoms with Gasteiger partial charge in [-0.15, -0.1) is 11.3 Å². The Morgan fingerprint density at radius 2 is 2.53 bits per heavy atom. The van der Waals surface area contributed by atoms with Crippen LogP contribution >= 0.6 is 11.3 Å². The molecule has 0 radical (unpaired) electrons. The fourth-order valence-electron chi connectivity index (χ4n) is 1.67. The van der Waals surface area contributed by atoms with Crippen LogP contribution in [0.4, 0.5) is 5.13 Å². The lowest BCUT2D eigenvalue weighted by molar-refractivity contribution is 0.101. The molecule has 0 bridgehead atoms. The van der Waals surface area contributed by atoms with Gasteiger partial charge in [0.15, 0.2) is 10.9 Å². The second-order valence-electron chi connectivity index (χ2n) is 3.66. The number of ether oxygens (including phenoxy) is 1. The Morgan fingerprint density at radius 3 is 3.07 bits per heavy atom. The van der Waals surface area contributed by atoms with Crippen LogP contribution in [0.15, 0.2) is 5.38 Å². The summed E-state index contributed by atoms with van der Waals surface area (Å²) in [6.45, 7) is 3.38. The predicted molar refractivity (Wildman–Crippen MR) is 59.7 cm³/mol. The Morgan fingerprint density at radius 1 is 1.73 bits per heavy atom. The molecule has 82 valence electrons. The van der Waals surface area contributed by atoms with Crippen molar-refractivity contribution in [2.75, 3.05) is 25.1 Å². The average Bonchev–Trinajstić information content (AvgIpc) is 2.86. The quantitative estimate of drug-likeness (QED) is 0.734. The highest BCUT2D eigenvalue weighted by Crippen LogP contribution is 2.25. The molecule has 0 spiro atoms. The topological polar surface area (TPSA) is 42.4 Å². The first kappa shape index (κ1) is 10.6. The van der Waals surface area contributed by atoms with Gasteiger partial charge in [0.25, 0.3) is 0 Å². The van der Waals surface area contributed by atoms with Crippen molar-refractivity contribution in [1.29, 1.82) is 0 Å². The van der Waals surface area contributed by atoms with Crippen LogP contribution in [0.2, 0.25) is 0 Å². The van der Waals surface area contributed by atoms with E-state index in [0.29, 0.717) is 11.8 Å². The molecule has 1 fully saturated rings. The number of carbonyl (C=O) groups is 1. The minimum absolute atomic E-state index is 0.0278. The van der Waals surface area contributed by atoms with Crippen LogP contribution in [0.3, 0.4) is 0 Å². The van der Waals surface area contributed by atoms with E-state index in [-0.39, 0.29) is 5.78 Å². The molecule has 0 N–H and O–H groups in total. The van der Waals surface area contributed by atoms with Crippen LogP contribution < -0.4 is 4.90 Å². The van der Waals surface area contributed by atoms with Gasteiger partial charge in [0.1, 0.15) is 5.69 Å². The molecule has 1 aromatic rings. The third kappa shape index (κ3) is 2.18. The molecule has 1 saturated heterocycles. The molecule has 2 rings (SSSR count). The van der Waals surface area contributed by atoms with Crippen LogP contribution in [-0.4, -0.2) is 37.1 Å². The van der Waals surface area contributed by atoms with E-state index in [1.807, 2.05) is 5.38 Å². The van der Waals surface area contributed by atoms with Crippen molar-refractivity contribution in [1.82, 2.24) is 4.98 Å². The molecule has 1 unspecified atom stereocenters. The van der Waals surface area contributed by atoms with Gasteiger partial charge in [0.2, 0.25) is 0 Å². The molecule has 0 aliphatic carbocycles. The Hall–Kier alpha value is -0.940. The lowest BCUT2D eigenvalue weighted by atomic mass is 10.3. The van der Waals surface area contributed by atoms with E-state index < -0.39 is 0 Å². The minimum Gasteiger partial charge on any atom is -0.380 e. The van der Waals surface area contributed by atoms with E-state index in [1.54, 1.807) is 14.0 Å². The molecule has 1 atom stereocenters. The van der Waals surface area contributed by atoms with Crippen molar-refractivity contribution in [3.05, 3.63) is 11.1 Å². The van der Waals surface area contributed by atoms with Gasteiger partial charge in [-0.25, -0.2) is 4.98 Å². The van der Waals surface area contributed by atoms with E-state index in [2.05, 4.69) is 9.88 Å². The molecule has 0 saturated carbocycles. The smallest absolute Gasteiger partial charge is 0.186 e. The predicted octanol–water partition coefficient (Wildman–Crippen LogP) is 1.57. The second-order valence-corrected chi connectivity index (χ2v) is 4.50. The zero-order valence-corrected chi connectivity index (χ0v) is 9.71. The summed E-state index contributed by atoms with van der Waals surface area (Å²) in [6, 6.07) is 0. The van der Waals surface area contributed by atoms with Crippen molar-refractivity contribution >= 4 is 22.3 Å². The van der Waals surface area contributed by atoms with Gasteiger partial charge in [-0.2, -0.15) is 0 Å². The molecule has 0 aromatic carbocycles. The first-order valence-electron chi connectivity index (χ1n) is 4.95. The molecule has 1 aromatic heterocycles. The maximum absolute atomic E-state index is 11.1. The number of anilines is 1. The van der Waals surface area contributed by atoms with Gasteiger partial charge >= 0.3 is 0 Å². The second kappa shape index (κ2) is 4.28. The van der Waals surface area contributed by atoms with E-state index in [0.717, 1.165) is 24.6 Å². The maximum atomic E-state index is 11.1. The number of aromatic nitrogens is 1. The highest BCUT2D eigenvalue weighted by molar-refractivity contribution is 7.13. The fourth-order valence-corrected chi connectivity index (χ4v) is 2.57. The van der Waals surface area contributed by atoms with E-state index >= 15 is 0 Å². The minimum atomic E-state index is 0.0278. The number of rotatable bonds is 3. The lowest BCUT2D eigenvalue weighted by Gasteiger charge is -2.13. The molecule has 2 heterocycles. The number of carbonyl (C=O) groups excluding carboxylic acids is 1. The first-order valence-corrected chi connectivity index (χ1v) is 5.83. The van der Waals surface area contributed by atoms with Crippen LogP contribution in [0.5, 0.6) is 0 Å². The number of hydrogen-bond acceptors (Lipinski definition) is 5. The van der Waals surface area contributed by atoms with Gasteiger partial charge < -0.3 is 9.64 Å². The summed E-state index contributed by atoms with van der Waals surface area (Å²) in [5.74, 6) is 0.0278. The largest absolute Gasteiger partial charge is 0.380 e. The van der Waals surface area contributed by atoms with Crippen LogP contribution in [0.25, 0.3) is 0 Å². The van der Waals surface area contributed by atoms with E-state index in [1.165, 1.54) is 11.3 Å². The van der Waals surface area contributed by atoms with Gasteiger partial charge in [0.05, 0.1) is 6.10 Å². The SMILES string of the molecule is COC1CCN(c2nc(C(C)=O)cs2)C1. The van der Waals surface area contributed by atoms with E-state index in [9.17, 15) is 4.79 Å². The number of nitrogens with zero attached hydrogens (tertiary/aromatic N) is 2. The maximum Gasteiger partial charge on any atom is 0.186 e. The standard InChI is InChI=1S/C10H14N2O2S/c1-7(13)9-6-15-10(11-9)12-4-3-8(5-12)14-2/h6,8H,3-5H2,1-2H3. The normalized spacial score (nSPS) is 20.9. The van der Waals surface area contributed by atoms with Crippen molar-refractivity contribution in [2.45, 2.75) is 19.4 Å². The molecular weight excluding hydrogens is 212 g/mol. The summed E-state index contributed by atoms with van der Waals surface area (Å²) in [6.07, 6.45) is 1.33. The van der Waals surface area contributed by atoms with Gasteiger partial charge in [-0.3, -0.25) is 4.79 Å². The summed E-state index contributed by atoms with van der Waals surface area (Å²) in [5, 5.41) is 2.75. The third-order valence-electron chi connectivity index (χ3n) is 2.60. The van der Waals surface area contributed by atoms with Crippen molar-refractivity contribution in [2.24, 2.45) is 0 Å². The summed E-state index contributed by atoms with van der Waals surface area (Å²) in [5.41, 5.74) is 0.566. The Balaban J connectivity index is 2.07. The average molecular weight is 226 g/mol. The third-order valence-corrected chi connectivity index (χ3v) is 3.50. The van der Waals surface area contributed by atoms with Gasteiger partial charge in [0, 0.05) is 32.5 Å². The summed E-state index contributed by atoms with van der Waals surface area (Å²) in [4.78, 5) is 17.6. The van der Waals surface area contributed by atoms with Gasteiger partial charge in [-0.1, -0.05) is 0 Å². The molecular formula is C10H14N2O2S. The molecule has 4 nitrogen and oxygen atoms in total. The number of hydrogen-bond donors (Lipinski definition) is 0. The number of methoxy groups -OCH3 is 1. The van der Waals surface area contributed by atoms with Crippen LogP contribution in [0, 0.1) is 0 Å². The lowest BCUT2D eigenvalue weighted by Crippen LogP contribution is -2.22. The van der Waals surface area contributed by atoms with Crippen molar-refractivity contribution in [3.8, 4) is 0 Å². The van der Waals surface area contributed by atoms with E-state index in [4.69, 9.17) is 4.74 Å². The van der Waals surface area contributed by atoms with Crippen LogP contribution in [-0.2, 0) is 4.74 Å². The summed E-state index contributed by atoms with van der Waals surface area (Å²) < 4.78 is 5.29. The zero-order chi connectivity index (χ0) is 10.8.